The van der Waals surface area contributed by atoms with Gasteiger partial charge in [-0.2, -0.15) is 13.2 Å². The number of ether oxygens (including phenoxy) is 1. The van der Waals surface area contributed by atoms with Gasteiger partial charge in [-0.25, -0.2) is 0 Å². The van der Waals surface area contributed by atoms with E-state index >= 15 is 0 Å². The summed E-state index contributed by atoms with van der Waals surface area (Å²) in [5.41, 5.74) is 2.71. The third kappa shape index (κ3) is 11.5. The number of hydrogen-bond donors (Lipinski definition) is 1. The summed E-state index contributed by atoms with van der Waals surface area (Å²) in [6.45, 7) is 4.83. The first kappa shape index (κ1) is 38.3. The van der Waals surface area contributed by atoms with Crippen molar-refractivity contribution in [2.75, 3.05) is 53.4 Å². The van der Waals surface area contributed by atoms with Crippen LogP contribution in [0.4, 0.5) is 13.2 Å². The number of benzene rings is 4. The summed E-state index contributed by atoms with van der Waals surface area (Å²) in [4.78, 5) is 34.8. The Morgan fingerprint density at radius 1 is 0.808 bits per heavy atom. The van der Waals surface area contributed by atoms with Gasteiger partial charge < -0.3 is 19.9 Å². The van der Waals surface area contributed by atoms with Crippen molar-refractivity contribution >= 4 is 17.9 Å². The van der Waals surface area contributed by atoms with Crippen molar-refractivity contribution in [3.05, 3.63) is 143 Å². The van der Waals surface area contributed by atoms with Crippen LogP contribution in [0.1, 0.15) is 34.2 Å². The van der Waals surface area contributed by atoms with Crippen molar-refractivity contribution in [3.8, 4) is 5.75 Å². The number of piperazine rings is 1. The molecule has 5 rings (SSSR count). The molecular weight excluding hydrogens is 665 g/mol. The number of carbonyl (C=O) groups is 2. The third-order valence-corrected chi connectivity index (χ3v) is 9.11. The van der Waals surface area contributed by atoms with E-state index in [1.165, 1.54) is 17.7 Å². The van der Waals surface area contributed by atoms with E-state index in [-0.39, 0.29) is 24.4 Å². The molecule has 0 saturated carbocycles. The van der Waals surface area contributed by atoms with Crippen LogP contribution in [-0.2, 0) is 35.3 Å². The van der Waals surface area contributed by atoms with Gasteiger partial charge in [-0.05, 0) is 79.5 Å². The van der Waals surface area contributed by atoms with E-state index in [4.69, 9.17) is 4.74 Å². The molecule has 0 bridgehead atoms. The smallest absolute Gasteiger partial charge is 0.416 e. The maximum absolute atomic E-state index is 14.5. The zero-order valence-corrected chi connectivity index (χ0v) is 29.8. The zero-order valence-electron chi connectivity index (χ0n) is 29.8. The standard InChI is InChI=1S/C42H47F3N4O3/c1-47(2)22-9-27-52-37-20-16-34(17-21-37)30-46-40(50)38(28-33-14-18-36(19-15-33)42(43,44)45)39(29-32-10-5-3-6-11-32)41(51)49-25-23-48(24-26-49)31-35-12-7-4-8-13-35/h3-8,10-21,28,39H,9,22-27,29-31H2,1-2H3,(H,46,50)/t39-/m0/s1. The van der Waals surface area contributed by atoms with Gasteiger partial charge in [-0.1, -0.05) is 84.9 Å². The predicted molar refractivity (Wildman–Crippen MR) is 198 cm³/mol. The van der Waals surface area contributed by atoms with E-state index in [0.29, 0.717) is 38.3 Å². The molecule has 10 heteroatoms. The first-order valence-corrected chi connectivity index (χ1v) is 17.7. The maximum atomic E-state index is 14.5. The largest absolute Gasteiger partial charge is 0.494 e. The molecule has 1 saturated heterocycles. The lowest BCUT2D eigenvalue weighted by Gasteiger charge is -2.37. The highest BCUT2D eigenvalue weighted by molar-refractivity contribution is 6.04. The molecule has 1 aliphatic rings. The van der Waals surface area contributed by atoms with Crippen LogP contribution in [0.2, 0.25) is 0 Å². The van der Waals surface area contributed by atoms with Gasteiger partial charge in [-0.15, -0.1) is 0 Å². The Bertz CT molecular complexity index is 1740. The van der Waals surface area contributed by atoms with Crippen molar-refractivity contribution in [2.45, 2.75) is 32.1 Å². The number of amides is 2. The van der Waals surface area contributed by atoms with Gasteiger partial charge in [0.1, 0.15) is 5.75 Å². The molecule has 2 amide bonds. The van der Waals surface area contributed by atoms with Gasteiger partial charge in [0, 0.05) is 51.4 Å². The molecule has 1 atom stereocenters. The summed E-state index contributed by atoms with van der Waals surface area (Å²) in [5.74, 6) is -0.786. The van der Waals surface area contributed by atoms with Crippen LogP contribution >= 0.6 is 0 Å². The fourth-order valence-electron chi connectivity index (χ4n) is 6.20. The van der Waals surface area contributed by atoms with Gasteiger partial charge in [0.05, 0.1) is 18.1 Å². The van der Waals surface area contributed by atoms with Crippen molar-refractivity contribution < 1.29 is 27.5 Å². The Labute approximate surface area is 304 Å². The molecule has 1 N–H and O–H groups in total. The van der Waals surface area contributed by atoms with Crippen LogP contribution in [0.15, 0.2) is 115 Å². The normalized spacial score (nSPS) is 14.7. The lowest BCUT2D eigenvalue weighted by Crippen LogP contribution is -2.51. The first-order chi connectivity index (χ1) is 25.0. The number of alkyl halides is 3. The summed E-state index contributed by atoms with van der Waals surface area (Å²) in [6, 6.07) is 31.8. The van der Waals surface area contributed by atoms with Crippen LogP contribution in [0.25, 0.3) is 6.08 Å². The minimum Gasteiger partial charge on any atom is -0.494 e. The maximum Gasteiger partial charge on any atom is 0.416 e. The summed E-state index contributed by atoms with van der Waals surface area (Å²) in [6.07, 6.45) is -1.80. The molecular formula is C42H47F3N4O3. The molecule has 7 nitrogen and oxygen atoms in total. The molecule has 0 aliphatic carbocycles. The Kier molecular flexibility index (Phi) is 13.6. The molecule has 0 spiro atoms. The Morgan fingerprint density at radius 3 is 2.02 bits per heavy atom. The van der Waals surface area contributed by atoms with E-state index in [9.17, 15) is 22.8 Å². The molecule has 1 fully saturated rings. The number of rotatable bonds is 15. The van der Waals surface area contributed by atoms with Crippen molar-refractivity contribution in [3.63, 3.8) is 0 Å². The Hall–Kier alpha value is -4.93. The second kappa shape index (κ2) is 18.5. The van der Waals surface area contributed by atoms with Crippen molar-refractivity contribution in [2.24, 2.45) is 5.92 Å². The average molecular weight is 713 g/mol. The van der Waals surface area contributed by atoms with Gasteiger partial charge >= 0.3 is 6.18 Å². The second-order valence-electron chi connectivity index (χ2n) is 13.4. The third-order valence-electron chi connectivity index (χ3n) is 9.11. The number of nitrogens with zero attached hydrogens (tertiary/aromatic N) is 3. The molecule has 0 aromatic heterocycles. The predicted octanol–water partition coefficient (Wildman–Crippen LogP) is 6.94. The van der Waals surface area contributed by atoms with Crippen LogP contribution in [0.5, 0.6) is 5.75 Å². The van der Waals surface area contributed by atoms with Gasteiger partial charge in [0.15, 0.2) is 0 Å². The number of hydrogen-bond acceptors (Lipinski definition) is 5. The second-order valence-corrected chi connectivity index (χ2v) is 13.4. The number of nitrogens with one attached hydrogen (secondary N) is 1. The van der Waals surface area contributed by atoms with Crippen LogP contribution in [0.3, 0.4) is 0 Å². The summed E-state index contributed by atoms with van der Waals surface area (Å²) >= 11 is 0. The summed E-state index contributed by atoms with van der Waals surface area (Å²) in [7, 11) is 4.03. The highest BCUT2D eigenvalue weighted by Gasteiger charge is 2.34. The number of halogens is 3. The van der Waals surface area contributed by atoms with Gasteiger partial charge in [0.2, 0.25) is 11.8 Å². The minimum absolute atomic E-state index is 0.188. The SMILES string of the molecule is CN(C)CCCOc1ccc(CNC(=O)C(=Cc2ccc(C(F)(F)F)cc2)[C@H](Cc2ccccc2)C(=O)N2CCN(Cc3ccccc3)CC2)cc1. The molecule has 274 valence electrons. The van der Waals surface area contributed by atoms with Crippen LogP contribution < -0.4 is 10.1 Å². The monoisotopic (exact) mass is 712 g/mol. The van der Waals surface area contributed by atoms with E-state index in [1.54, 1.807) is 11.0 Å². The molecule has 4 aromatic rings. The molecule has 4 aromatic carbocycles. The topological polar surface area (TPSA) is 65.1 Å². The van der Waals surface area contributed by atoms with Crippen molar-refractivity contribution in [1.29, 1.82) is 0 Å². The zero-order chi connectivity index (χ0) is 36.9. The molecule has 1 aliphatic heterocycles. The van der Waals surface area contributed by atoms with E-state index in [2.05, 4.69) is 27.2 Å². The highest BCUT2D eigenvalue weighted by Crippen LogP contribution is 2.30. The molecule has 0 unspecified atom stereocenters. The Balaban J connectivity index is 1.37. The minimum atomic E-state index is -4.50. The summed E-state index contributed by atoms with van der Waals surface area (Å²) < 4.78 is 46.0. The van der Waals surface area contributed by atoms with E-state index in [0.717, 1.165) is 48.5 Å². The number of carbonyl (C=O) groups excluding carboxylic acids is 2. The average Bonchev–Trinajstić information content (AvgIpc) is 3.15. The van der Waals surface area contributed by atoms with Gasteiger partial charge in [-0.3, -0.25) is 14.5 Å². The van der Waals surface area contributed by atoms with Crippen LogP contribution in [0, 0.1) is 5.92 Å². The quantitative estimate of drug-likeness (QED) is 0.107. The highest BCUT2D eigenvalue weighted by atomic mass is 19.4. The lowest BCUT2D eigenvalue weighted by atomic mass is 9.88. The summed E-state index contributed by atoms with van der Waals surface area (Å²) in [5, 5.41) is 2.99. The Morgan fingerprint density at radius 2 is 1.42 bits per heavy atom. The van der Waals surface area contributed by atoms with E-state index in [1.807, 2.05) is 86.9 Å². The fourth-order valence-corrected chi connectivity index (χ4v) is 6.20. The molecule has 1 heterocycles. The lowest BCUT2D eigenvalue weighted by molar-refractivity contribution is -0.138. The van der Waals surface area contributed by atoms with Crippen LogP contribution in [-0.4, -0.2) is 79.9 Å². The molecule has 52 heavy (non-hydrogen) atoms. The van der Waals surface area contributed by atoms with Gasteiger partial charge in [0.25, 0.3) is 0 Å². The first-order valence-electron chi connectivity index (χ1n) is 17.7. The fraction of sp³-hybridized carbons (Fsp3) is 0.333. The molecule has 0 radical (unpaired) electrons. The van der Waals surface area contributed by atoms with E-state index < -0.39 is 23.6 Å². The van der Waals surface area contributed by atoms with Crippen molar-refractivity contribution in [1.82, 2.24) is 20.0 Å².